The van der Waals surface area contributed by atoms with E-state index in [4.69, 9.17) is 4.74 Å². The molecule has 3 atom stereocenters. The summed E-state index contributed by atoms with van der Waals surface area (Å²) in [5, 5.41) is 13.4. The van der Waals surface area contributed by atoms with E-state index >= 15 is 0 Å². The lowest BCUT2D eigenvalue weighted by molar-refractivity contribution is -0.143. The van der Waals surface area contributed by atoms with Crippen LogP contribution in [0.4, 0.5) is 0 Å². The van der Waals surface area contributed by atoms with Crippen molar-refractivity contribution in [3.05, 3.63) is 70.4 Å². The SMILES string of the molecule is COc1cc(-c2scnc2C)ccc1CNC(=O)C1CC(O)CN1C(=O)C(C(C)C)N1Cc2ccccc2C1=O. The number of β-amino-alcohol motifs (C(OH)–C–C–N with tert-alkyl or cyclic N) is 1. The van der Waals surface area contributed by atoms with E-state index in [1.54, 1.807) is 34.9 Å². The maximum absolute atomic E-state index is 13.9. The monoisotopic (exact) mass is 562 g/mol. The Kier molecular flexibility index (Phi) is 7.91. The summed E-state index contributed by atoms with van der Waals surface area (Å²) < 4.78 is 5.60. The quantitative estimate of drug-likeness (QED) is 0.435. The summed E-state index contributed by atoms with van der Waals surface area (Å²) in [4.78, 5) is 48.9. The van der Waals surface area contributed by atoms with Gasteiger partial charge in [0.1, 0.15) is 17.8 Å². The van der Waals surface area contributed by atoms with Gasteiger partial charge in [-0.15, -0.1) is 11.3 Å². The fourth-order valence-corrected chi connectivity index (χ4v) is 6.47. The second-order valence-corrected chi connectivity index (χ2v) is 11.5. The van der Waals surface area contributed by atoms with Crippen LogP contribution >= 0.6 is 11.3 Å². The molecule has 3 unspecified atom stereocenters. The number of aliphatic hydroxyl groups excluding tert-OH is 1. The summed E-state index contributed by atoms with van der Waals surface area (Å²) in [7, 11) is 1.59. The second kappa shape index (κ2) is 11.4. The standard InChI is InChI=1S/C30H34N4O5S/c1-17(2)26(34-14-21-7-5-6-8-23(21)29(34)37)30(38)33-15-22(35)12-24(33)28(36)31-13-20-10-9-19(11-25(20)39-4)27-18(3)32-16-40-27/h5-11,16-17,22,24,26,35H,12-15H2,1-4H3,(H,31,36). The van der Waals surface area contributed by atoms with Crippen molar-refractivity contribution in [3.8, 4) is 16.2 Å². The first-order chi connectivity index (χ1) is 19.2. The first-order valence-electron chi connectivity index (χ1n) is 13.4. The van der Waals surface area contributed by atoms with Gasteiger partial charge in [0.05, 0.1) is 29.3 Å². The van der Waals surface area contributed by atoms with Gasteiger partial charge in [0.15, 0.2) is 0 Å². The molecular weight excluding hydrogens is 528 g/mol. The number of carbonyl (C=O) groups excluding carboxylic acids is 3. The third kappa shape index (κ3) is 5.21. The molecule has 1 fully saturated rings. The summed E-state index contributed by atoms with van der Waals surface area (Å²) in [6.07, 6.45) is -0.687. The molecule has 9 nitrogen and oxygen atoms in total. The van der Waals surface area contributed by atoms with Gasteiger partial charge >= 0.3 is 0 Å². The fraction of sp³-hybridized carbons (Fsp3) is 0.400. The van der Waals surface area contributed by atoms with Crippen molar-refractivity contribution in [1.82, 2.24) is 20.1 Å². The molecule has 0 saturated carbocycles. The van der Waals surface area contributed by atoms with Crippen molar-refractivity contribution in [1.29, 1.82) is 0 Å². The fourth-order valence-electron chi connectivity index (χ4n) is 5.67. The number of aromatic nitrogens is 1. The van der Waals surface area contributed by atoms with Crippen LogP contribution in [0, 0.1) is 12.8 Å². The molecule has 3 amide bonds. The Bertz CT molecular complexity index is 1440. The lowest BCUT2D eigenvalue weighted by Crippen LogP contribution is -2.55. The highest BCUT2D eigenvalue weighted by Crippen LogP contribution is 2.33. The number of amides is 3. The Hall–Kier alpha value is -3.76. The van der Waals surface area contributed by atoms with Crippen LogP contribution in [0.1, 0.15) is 47.4 Å². The minimum atomic E-state index is -0.839. The molecule has 2 aromatic carbocycles. The van der Waals surface area contributed by atoms with Gasteiger partial charge in [0.25, 0.3) is 5.91 Å². The van der Waals surface area contributed by atoms with Gasteiger partial charge in [-0.25, -0.2) is 4.98 Å². The maximum Gasteiger partial charge on any atom is 0.255 e. The molecule has 0 bridgehead atoms. The summed E-state index contributed by atoms with van der Waals surface area (Å²) in [6.45, 7) is 6.33. The summed E-state index contributed by atoms with van der Waals surface area (Å²) in [5.74, 6) is -0.413. The number of likely N-dealkylation sites (tertiary alicyclic amines) is 1. The van der Waals surface area contributed by atoms with Gasteiger partial charge < -0.3 is 25.0 Å². The van der Waals surface area contributed by atoms with Crippen molar-refractivity contribution in [2.24, 2.45) is 5.92 Å². The Morgan fingerprint density at radius 3 is 2.67 bits per heavy atom. The predicted molar refractivity (Wildman–Crippen MR) is 152 cm³/mol. The topological polar surface area (TPSA) is 112 Å². The molecule has 40 heavy (non-hydrogen) atoms. The molecule has 2 N–H and O–H groups in total. The molecule has 0 aliphatic carbocycles. The van der Waals surface area contributed by atoms with Gasteiger partial charge in [-0.05, 0) is 36.1 Å². The highest BCUT2D eigenvalue weighted by Gasteiger charge is 2.45. The third-order valence-electron chi connectivity index (χ3n) is 7.68. The molecule has 210 valence electrons. The van der Waals surface area contributed by atoms with E-state index in [1.165, 1.54) is 4.90 Å². The normalized spacial score (nSPS) is 19.2. The number of hydrogen-bond acceptors (Lipinski definition) is 7. The van der Waals surface area contributed by atoms with E-state index in [0.717, 1.165) is 27.3 Å². The number of ether oxygens (including phenoxy) is 1. The number of nitrogens with one attached hydrogen (secondary N) is 1. The van der Waals surface area contributed by atoms with Gasteiger partial charge in [-0.2, -0.15) is 0 Å². The molecular formula is C30H34N4O5S. The minimum Gasteiger partial charge on any atom is -0.496 e. The van der Waals surface area contributed by atoms with Crippen LogP contribution < -0.4 is 10.1 Å². The van der Waals surface area contributed by atoms with E-state index in [2.05, 4.69) is 10.3 Å². The van der Waals surface area contributed by atoms with E-state index in [9.17, 15) is 19.5 Å². The summed E-state index contributed by atoms with van der Waals surface area (Å²) in [6, 6.07) is 11.6. The first kappa shape index (κ1) is 27.8. The molecule has 1 saturated heterocycles. The van der Waals surface area contributed by atoms with Gasteiger partial charge in [0, 0.05) is 37.2 Å². The van der Waals surface area contributed by atoms with Gasteiger partial charge in [0.2, 0.25) is 11.8 Å². The predicted octanol–water partition coefficient (Wildman–Crippen LogP) is 3.39. The average Bonchev–Trinajstić information content (AvgIpc) is 3.64. The smallest absolute Gasteiger partial charge is 0.255 e. The summed E-state index contributed by atoms with van der Waals surface area (Å²) >= 11 is 1.55. The number of thiazole rings is 1. The molecule has 3 heterocycles. The molecule has 3 aromatic rings. The number of aryl methyl sites for hydroxylation is 1. The Morgan fingerprint density at radius 2 is 2.00 bits per heavy atom. The van der Waals surface area contributed by atoms with Gasteiger partial charge in [-0.1, -0.05) is 44.2 Å². The third-order valence-corrected chi connectivity index (χ3v) is 8.66. The number of hydrogen-bond donors (Lipinski definition) is 2. The minimum absolute atomic E-state index is 0.0430. The molecule has 0 radical (unpaired) electrons. The van der Waals surface area contributed by atoms with E-state index in [1.807, 2.05) is 57.2 Å². The van der Waals surface area contributed by atoms with Crippen LogP contribution in [0.2, 0.25) is 0 Å². The molecule has 2 aliphatic rings. The van der Waals surface area contributed by atoms with E-state index in [-0.39, 0.29) is 43.1 Å². The van der Waals surface area contributed by atoms with Crippen LogP contribution in [0.3, 0.4) is 0 Å². The Labute approximate surface area is 237 Å². The lowest BCUT2D eigenvalue weighted by atomic mass is 10.0. The number of carbonyl (C=O) groups is 3. The Balaban J connectivity index is 1.31. The van der Waals surface area contributed by atoms with Gasteiger partial charge in [-0.3, -0.25) is 14.4 Å². The van der Waals surface area contributed by atoms with Crippen LogP contribution in [0.5, 0.6) is 5.75 Å². The van der Waals surface area contributed by atoms with Crippen molar-refractivity contribution < 1.29 is 24.2 Å². The van der Waals surface area contributed by atoms with E-state index in [0.29, 0.717) is 17.9 Å². The number of rotatable bonds is 8. The van der Waals surface area contributed by atoms with Crippen molar-refractivity contribution in [2.45, 2.75) is 58.5 Å². The van der Waals surface area contributed by atoms with Crippen LogP contribution in [-0.2, 0) is 22.7 Å². The first-order valence-corrected chi connectivity index (χ1v) is 14.3. The van der Waals surface area contributed by atoms with Crippen molar-refractivity contribution in [2.75, 3.05) is 13.7 Å². The lowest BCUT2D eigenvalue weighted by Gasteiger charge is -2.35. The number of fused-ring (bicyclic) bond motifs is 1. The summed E-state index contributed by atoms with van der Waals surface area (Å²) in [5.41, 5.74) is 6.00. The largest absolute Gasteiger partial charge is 0.496 e. The van der Waals surface area contributed by atoms with E-state index < -0.39 is 18.2 Å². The average molecular weight is 563 g/mol. The maximum atomic E-state index is 13.9. The molecule has 2 aliphatic heterocycles. The molecule has 1 aromatic heterocycles. The number of aliphatic hydroxyl groups is 1. The molecule has 5 rings (SSSR count). The van der Waals surface area contributed by atoms with Crippen molar-refractivity contribution in [3.63, 3.8) is 0 Å². The Morgan fingerprint density at radius 1 is 1.23 bits per heavy atom. The number of methoxy groups -OCH3 is 1. The highest BCUT2D eigenvalue weighted by molar-refractivity contribution is 7.13. The zero-order chi connectivity index (χ0) is 28.6. The van der Waals surface area contributed by atoms with Crippen LogP contribution in [0.15, 0.2) is 48.0 Å². The van der Waals surface area contributed by atoms with Crippen LogP contribution in [0.25, 0.3) is 10.4 Å². The number of benzene rings is 2. The zero-order valence-electron chi connectivity index (χ0n) is 23.1. The zero-order valence-corrected chi connectivity index (χ0v) is 23.9. The second-order valence-electron chi connectivity index (χ2n) is 10.7. The molecule has 10 heteroatoms. The van der Waals surface area contributed by atoms with Crippen LogP contribution in [-0.4, -0.2) is 69.5 Å². The molecule has 0 spiro atoms. The number of nitrogens with zero attached hydrogens (tertiary/aromatic N) is 3. The highest BCUT2D eigenvalue weighted by atomic mass is 32.1. The van der Waals surface area contributed by atoms with Crippen molar-refractivity contribution >= 4 is 29.1 Å².